The zero-order valence-electron chi connectivity index (χ0n) is 13.1. The molecule has 5 nitrogen and oxygen atoms in total. The fourth-order valence-corrected chi connectivity index (χ4v) is 2.70. The smallest absolute Gasteiger partial charge is 0.255 e. The Bertz CT molecular complexity index is 729. The number of amides is 2. The molecule has 6 heteroatoms. The van der Waals surface area contributed by atoms with Crippen LogP contribution in [-0.2, 0) is 4.79 Å². The fraction of sp³-hybridized carbons (Fsp3) is 0.176. The lowest BCUT2D eigenvalue weighted by Gasteiger charge is -2.15. The molecule has 0 fully saturated rings. The maximum absolute atomic E-state index is 12.3. The molecule has 1 N–H and O–H groups in total. The van der Waals surface area contributed by atoms with E-state index in [4.69, 9.17) is 4.74 Å². The Morgan fingerprint density at radius 2 is 1.78 bits per heavy atom. The topological polar surface area (TPSA) is 58.6 Å². The van der Waals surface area contributed by atoms with E-state index in [9.17, 15) is 9.59 Å². The number of benzene rings is 2. The highest BCUT2D eigenvalue weighted by Gasteiger charge is 2.10. The van der Waals surface area contributed by atoms with E-state index in [2.05, 4.69) is 27.9 Å². The molecular formula is C17H17IN2O3. The molecule has 0 aliphatic carbocycles. The number of carbonyl (C=O) groups is 2. The van der Waals surface area contributed by atoms with Crippen molar-refractivity contribution in [3.63, 3.8) is 0 Å². The van der Waals surface area contributed by atoms with Gasteiger partial charge >= 0.3 is 0 Å². The van der Waals surface area contributed by atoms with Crippen LogP contribution in [0, 0.1) is 3.57 Å². The zero-order chi connectivity index (χ0) is 17.0. The Morgan fingerprint density at radius 3 is 2.30 bits per heavy atom. The number of hydrogen-bond acceptors (Lipinski definition) is 3. The molecule has 2 amide bonds. The van der Waals surface area contributed by atoms with Crippen LogP contribution in [0.5, 0.6) is 5.75 Å². The molecule has 120 valence electrons. The molecule has 2 aromatic rings. The molecule has 0 unspecified atom stereocenters. The van der Waals surface area contributed by atoms with Crippen molar-refractivity contribution in [2.24, 2.45) is 0 Å². The van der Waals surface area contributed by atoms with Crippen LogP contribution in [0.3, 0.4) is 0 Å². The van der Waals surface area contributed by atoms with E-state index < -0.39 is 0 Å². The summed E-state index contributed by atoms with van der Waals surface area (Å²) in [7, 11) is 3.30. The minimum atomic E-state index is -0.196. The predicted octanol–water partition coefficient (Wildman–Crippen LogP) is 3.53. The van der Waals surface area contributed by atoms with Crippen LogP contribution in [-0.4, -0.2) is 26.0 Å². The second kappa shape index (κ2) is 7.45. The lowest BCUT2D eigenvalue weighted by Crippen LogP contribution is -2.22. The standard InChI is InChI=1S/C17H17IN2O3/c1-11(21)20(2)14-7-5-13(6-8-14)19-17(22)12-4-9-16(23-3)15(18)10-12/h4-10H,1-3H3,(H,19,22). The van der Waals surface area contributed by atoms with E-state index in [-0.39, 0.29) is 11.8 Å². The van der Waals surface area contributed by atoms with Gasteiger partial charge in [0.25, 0.3) is 5.91 Å². The molecule has 0 aliphatic rings. The van der Waals surface area contributed by atoms with Crippen LogP contribution >= 0.6 is 22.6 Å². The first-order valence-corrected chi connectivity index (χ1v) is 7.99. The van der Waals surface area contributed by atoms with Gasteiger partial charge in [-0.25, -0.2) is 0 Å². The first kappa shape index (κ1) is 17.3. The minimum Gasteiger partial charge on any atom is -0.496 e. The monoisotopic (exact) mass is 424 g/mol. The minimum absolute atomic E-state index is 0.0467. The molecule has 0 atom stereocenters. The van der Waals surface area contributed by atoms with E-state index in [0.29, 0.717) is 11.3 Å². The fourth-order valence-electron chi connectivity index (χ4n) is 1.96. The first-order valence-electron chi connectivity index (χ1n) is 6.91. The van der Waals surface area contributed by atoms with Crippen molar-refractivity contribution in [2.45, 2.75) is 6.92 Å². The van der Waals surface area contributed by atoms with E-state index in [1.54, 1.807) is 56.6 Å². The highest BCUT2D eigenvalue weighted by atomic mass is 127. The van der Waals surface area contributed by atoms with Gasteiger partial charge in [0.2, 0.25) is 5.91 Å². The lowest BCUT2D eigenvalue weighted by molar-refractivity contribution is -0.116. The average Bonchev–Trinajstić information content (AvgIpc) is 2.54. The van der Waals surface area contributed by atoms with E-state index in [1.807, 2.05) is 0 Å². The summed E-state index contributed by atoms with van der Waals surface area (Å²) in [5.74, 6) is 0.492. The molecule has 23 heavy (non-hydrogen) atoms. The summed E-state index contributed by atoms with van der Waals surface area (Å²) < 4.78 is 6.05. The van der Waals surface area contributed by atoms with Gasteiger partial charge in [0.1, 0.15) is 5.75 Å². The Kier molecular flexibility index (Phi) is 5.59. The van der Waals surface area contributed by atoms with Gasteiger partial charge in [0, 0.05) is 30.9 Å². The molecule has 2 rings (SSSR count). The third-order valence-electron chi connectivity index (χ3n) is 3.40. The number of carbonyl (C=O) groups excluding carboxylic acids is 2. The summed E-state index contributed by atoms with van der Waals surface area (Å²) in [5, 5.41) is 2.83. The van der Waals surface area contributed by atoms with E-state index in [0.717, 1.165) is 15.0 Å². The van der Waals surface area contributed by atoms with Gasteiger partial charge in [-0.05, 0) is 65.1 Å². The Balaban J connectivity index is 2.11. The number of anilines is 2. The lowest BCUT2D eigenvalue weighted by atomic mass is 10.2. The largest absolute Gasteiger partial charge is 0.496 e. The van der Waals surface area contributed by atoms with Gasteiger partial charge in [0.15, 0.2) is 0 Å². The first-order chi connectivity index (χ1) is 10.9. The van der Waals surface area contributed by atoms with Crippen molar-refractivity contribution in [1.29, 1.82) is 0 Å². The van der Waals surface area contributed by atoms with E-state index in [1.165, 1.54) is 11.8 Å². The summed E-state index contributed by atoms with van der Waals surface area (Å²) in [4.78, 5) is 25.1. The molecule has 0 saturated carbocycles. The summed E-state index contributed by atoms with van der Waals surface area (Å²) >= 11 is 2.13. The number of methoxy groups -OCH3 is 1. The van der Waals surface area contributed by atoms with Crippen molar-refractivity contribution in [3.8, 4) is 5.75 Å². The number of halogens is 1. The third kappa shape index (κ3) is 4.22. The predicted molar refractivity (Wildman–Crippen MR) is 99.2 cm³/mol. The molecule has 2 aromatic carbocycles. The highest BCUT2D eigenvalue weighted by Crippen LogP contribution is 2.22. The molecule has 0 radical (unpaired) electrons. The third-order valence-corrected chi connectivity index (χ3v) is 4.24. The van der Waals surface area contributed by atoms with Gasteiger partial charge in [0.05, 0.1) is 10.7 Å². The number of rotatable bonds is 4. The molecular weight excluding hydrogens is 407 g/mol. The van der Waals surface area contributed by atoms with Gasteiger partial charge in [-0.2, -0.15) is 0 Å². The molecule has 0 bridgehead atoms. The van der Waals surface area contributed by atoms with Gasteiger partial charge in [-0.1, -0.05) is 0 Å². The number of nitrogens with zero attached hydrogens (tertiary/aromatic N) is 1. The van der Waals surface area contributed by atoms with Gasteiger partial charge < -0.3 is 15.0 Å². The second-order valence-corrected chi connectivity index (χ2v) is 6.09. The van der Waals surface area contributed by atoms with Crippen LogP contribution in [0.1, 0.15) is 17.3 Å². The molecule has 0 aromatic heterocycles. The molecule has 0 aliphatic heterocycles. The summed E-state index contributed by atoms with van der Waals surface area (Å²) in [5.41, 5.74) is 2.00. The maximum atomic E-state index is 12.3. The number of nitrogens with one attached hydrogen (secondary N) is 1. The average molecular weight is 424 g/mol. The molecule has 0 heterocycles. The van der Waals surface area contributed by atoms with Crippen LogP contribution in [0.25, 0.3) is 0 Å². The van der Waals surface area contributed by atoms with Crippen LogP contribution in [0.15, 0.2) is 42.5 Å². The number of hydrogen-bond donors (Lipinski definition) is 1. The van der Waals surface area contributed by atoms with Crippen LogP contribution in [0.4, 0.5) is 11.4 Å². The summed E-state index contributed by atoms with van der Waals surface area (Å²) in [6.45, 7) is 1.50. The second-order valence-electron chi connectivity index (χ2n) is 4.93. The number of ether oxygens (including phenoxy) is 1. The Hall–Kier alpha value is -2.09. The Labute approximate surface area is 148 Å². The zero-order valence-corrected chi connectivity index (χ0v) is 15.2. The van der Waals surface area contributed by atoms with Crippen molar-refractivity contribution < 1.29 is 14.3 Å². The molecule has 0 saturated heterocycles. The Morgan fingerprint density at radius 1 is 1.13 bits per heavy atom. The SMILES string of the molecule is COc1ccc(C(=O)Nc2ccc(N(C)C(C)=O)cc2)cc1I. The normalized spacial score (nSPS) is 10.1. The van der Waals surface area contributed by atoms with Crippen molar-refractivity contribution in [3.05, 3.63) is 51.6 Å². The van der Waals surface area contributed by atoms with Crippen molar-refractivity contribution in [2.75, 3.05) is 24.4 Å². The highest BCUT2D eigenvalue weighted by molar-refractivity contribution is 14.1. The van der Waals surface area contributed by atoms with Gasteiger partial charge in [-0.3, -0.25) is 9.59 Å². The summed E-state index contributed by atoms with van der Waals surface area (Å²) in [6, 6.07) is 12.4. The van der Waals surface area contributed by atoms with E-state index >= 15 is 0 Å². The summed E-state index contributed by atoms with van der Waals surface area (Å²) in [6.07, 6.45) is 0. The molecule has 0 spiro atoms. The van der Waals surface area contributed by atoms with Gasteiger partial charge in [-0.15, -0.1) is 0 Å². The van der Waals surface area contributed by atoms with Crippen LogP contribution < -0.4 is 15.0 Å². The quantitative estimate of drug-likeness (QED) is 0.765. The van der Waals surface area contributed by atoms with Crippen LogP contribution in [0.2, 0.25) is 0 Å². The van der Waals surface area contributed by atoms with Crippen molar-refractivity contribution >= 4 is 45.8 Å². The van der Waals surface area contributed by atoms with Crippen molar-refractivity contribution in [1.82, 2.24) is 0 Å². The maximum Gasteiger partial charge on any atom is 0.255 e.